The summed E-state index contributed by atoms with van der Waals surface area (Å²) in [7, 11) is 0. The summed E-state index contributed by atoms with van der Waals surface area (Å²) >= 11 is 0. The number of amides is 1. The summed E-state index contributed by atoms with van der Waals surface area (Å²) in [6, 6.07) is 14.0. The lowest BCUT2D eigenvalue weighted by Gasteiger charge is -2.11. The molecule has 0 aliphatic rings. The molecule has 3 rings (SSSR count). The third kappa shape index (κ3) is 5.03. The van der Waals surface area contributed by atoms with Crippen molar-refractivity contribution in [1.82, 2.24) is 15.3 Å². The molecule has 0 spiro atoms. The predicted octanol–water partition coefficient (Wildman–Crippen LogP) is 3.73. The van der Waals surface area contributed by atoms with Gasteiger partial charge in [-0.3, -0.25) is 4.79 Å². The van der Waals surface area contributed by atoms with Crippen molar-refractivity contribution in [3.05, 3.63) is 78.0 Å². The molecule has 2 N–H and O–H groups in total. The van der Waals surface area contributed by atoms with Gasteiger partial charge in [0.1, 0.15) is 23.1 Å². The molecule has 3 aromatic rings. The molecule has 1 heterocycles. The largest absolute Gasteiger partial charge is 0.492 e. The summed E-state index contributed by atoms with van der Waals surface area (Å²) in [5.74, 6) is 0.571. The van der Waals surface area contributed by atoms with Crippen LogP contribution in [0.2, 0.25) is 0 Å². The molecule has 0 saturated carbocycles. The van der Waals surface area contributed by atoms with Gasteiger partial charge in [0.2, 0.25) is 0 Å². The lowest BCUT2D eigenvalue weighted by atomic mass is 10.1. The monoisotopic (exact) mass is 380 g/mol. The predicted molar refractivity (Wildman–Crippen MR) is 105 cm³/mol. The van der Waals surface area contributed by atoms with Gasteiger partial charge in [0, 0.05) is 6.54 Å². The summed E-state index contributed by atoms with van der Waals surface area (Å²) in [5, 5.41) is 5.84. The highest BCUT2D eigenvalue weighted by molar-refractivity contribution is 5.92. The number of aromatic nitrogens is 2. The van der Waals surface area contributed by atoms with Gasteiger partial charge in [0.05, 0.1) is 24.7 Å². The Morgan fingerprint density at radius 1 is 1.07 bits per heavy atom. The van der Waals surface area contributed by atoms with Crippen molar-refractivity contribution in [2.24, 2.45) is 0 Å². The number of hydrogen-bond acceptors (Lipinski definition) is 5. The average Bonchev–Trinajstić information content (AvgIpc) is 2.71. The van der Waals surface area contributed by atoms with E-state index in [4.69, 9.17) is 4.74 Å². The van der Waals surface area contributed by atoms with E-state index in [-0.39, 0.29) is 17.4 Å². The topological polar surface area (TPSA) is 76.1 Å². The summed E-state index contributed by atoms with van der Waals surface area (Å²) in [6.07, 6.45) is 3.28. The van der Waals surface area contributed by atoms with Crippen molar-refractivity contribution >= 4 is 17.4 Å². The second-order valence-corrected chi connectivity index (χ2v) is 5.94. The van der Waals surface area contributed by atoms with Gasteiger partial charge in [-0.2, -0.15) is 0 Å². The Morgan fingerprint density at radius 3 is 2.61 bits per heavy atom. The Hall–Kier alpha value is -3.48. The van der Waals surface area contributed by atoms with E-state index in [1.54, 1.807) is 18.2 Å². The van der Waals surface area contributed by atoms with Crippen LogP contribution in [0.5, 0.6) is 5.75 Å². The van der Waals surface area contributed by atoms with Crippen LogP contribution < -0.4 is 15.4 Å². The van der Waals surface area contributed by atoms with Crippen molar-refractivity contribution in [3.8, 4) is 5.75 Å². The van der Waals surface area contributed by atoms with E-state index < -0.39 is 0 Å². The molecule has 1 amide bonds. The first-order valence-electron chi connectivity index (χ1n) is 9.00. The molecule has 0 bridgehead atoms. The quantitative estimate of drug-likeness (QED) is 0.623. The maximum absolute atomic E-state index is 13.6. The molecule has 0 saturated heterocycles. The Balaban J connectivity index is 1.56. The SMILES string of the molecule is CCOc1ccccc1Nc1cnc(C(=O)NCCc2ccccc2F)cn1. The van der Waals surface area contributed by atoms with Crippen LogP contribution in [-0.2, 0) is 6.42 Å². The molecular formula is C21H21FN4O2. The summed E-state index contributed by atoms with van der Waals surface area (Å²) < 4.78 is 19.1. The molecule has 1 aromatic heterocycles. The second kappa shape index (κ2) is 9.45. The molecule has 7 heteroatoms. The number of halogens is 1. The van der Waals surface area contributed by atoms with Crippen LogP contribution in [0.3, 0.4) is 0 Å². The van der Waals surface area contributed by atoms with Crippen molar-refractivity contribution < 1.29 is 13.9 Å². The van der Waals surface area contributed by atoms with Crippen molar-refractivity contribution in [3.63, 3.8) is 0 Å². The standard InChI is InChI=1S/C21H21FN4O2/c1-2-28-19-10-6-5-9-17(19)26-20-14-24-18(13-25-20)21(27)23-12-11-15-7-3-4-8-16(15)22/h3-10,13-14H,2,11-12H2,1H3,(H,23,27)(H,25,26). The number of carbonyl (C=O) groups is 1. The lowest BCUT2D eigenvalue weighted by Crippen LogP contribution is -2.26. The number of ether oxygens (including phenoxy) is 1. The van der Waals surface area contributed by atoms with Gasteiger partial charge in [0.15, 0.2) is 0 Å². The smallest absolute Gasteiger partial charge is 0.271 e. The molecule has 28 heavy (non-hydrogen) atoms. The lowest BCUT2D eigenvalue weighted by molar-refractivity contribution is 0.0948. The average molecular weight is 380 g/mol. The van der Waals surface area contributed by atoms with Crippen LogP contribution >= 0.6 is 0 Å². The number of nitrogens with one attached hydrogen (secondary N) is 2. The fourth-order valence-corrected chi connectivity index (χ4v) is 2.60. The second-order valence-electron chi connectivity index (χ2n) is 5.94. The van der Waals surface area contributed by atoms with E-state index in [2.05, 4.69) is 20.6 Å². The van der Waals surface area contributed by atoms with Crippen molar-refractivity contribution in [1.29, 1.82) is 0 Å². The molecule has 6 nitrogen and oxygen atoms in total. The number of hydrogen-bond donors (Lipinski definition) is 2. The molecule has 2 aromatic carbocycles. The zero-order chi connectivity index (χ0) is 19.8. The molecule has 144 valence electrons. The Labute approximate surface area is 162 Å². The third-order valence-electron chi connectivity index (χ3n) is 3.97. The number of para-hydroxylation sites is 2. The Bertz CT molecular complexity index is 932. The zero-order valence-electron chi connectivity index (χ0n) is 15.5. The highest BCUT2D eigenvalue weighted by Crippen LogP contribution is 2.26. The minimum Gasteiger partial charge on any atom is -0.492 e. The van der Waals surface area contributed by atoms with Crippen LogP contribution in [0, 0.1) is 5.82 Å². The van der Waals surface area contributed by atoms with E-state index in [0.717, 1.165) is 5.69 Å². The highest BCUT2D eigenvalue weighted by Gasteiger charge is 2.09. The summed E-state index contributed by atoms with van der Waals surface area (Å²) in [4.78, 5) is 20.5. The molecule has 0 fully saturated rings. The van der Waals surface area contributed by atoms with Crippen LogP contribution in [0.1, 0.15) is 23.0 Å². The van der Waals surface area contributed by atoms with Gasteiger partial charge in [-0.25, -0.2) is 14.4 Å². The number of nitrogens with zero attached hydrogens (tertiary/aromatic N) is 2. The number of anilines is 2. The van der Waals surface area contributed by atoms with Crippen LogP contribution in [0.4, 0.5) is 15.9 Å². The van der Waals surface area contributed by atoms with E-state index in [1.807, 2.05) is 31.2 Å². The molecule has 0 aliphatic heterocycles. The zero-order valence-corrected chi connectivity index (χ0v) is 15.5. The maximum atomic E-state index is 13.6. The van der Waals surface area contributed by atoms with Gasteiger partial charge < -0.3 is 15.4 Å². The van der Waals surface area contributed by atoms with Crippen molar-refractivity contribution in [2.75, 3.05) is 18.5 Å². The molecule has 0 unspecified atom stereocenters. The van der Waals surface area contributed by atoms with Gasteiger partial charge >= 0.3 is 0 Å². The fourth-order valence-electron chi connectivity index (χ4n) is 2.60. The molecule has 0 atom stereocenters. The normalized spacial score (nSPS) is 10.4. The van der Waals surface area contributed by atoms with E-state index in [1.165, 1.54) is 18.5 Å². The first kappa shape index (κ1) is 19.3. The molecule has 0 radical (unpaired) electrons. The van der Waals surface area contributed by atoms with E-state index >= 15 is 0 Å². The van der Waals surface area contributed by atoms with Gasteiger partial charge in [-0.15, -0.1) is 0 Å². The number of benzene rings is 2. The minimum absolute atomic E-state index is 0.192. The Kier molecular flexibility index (Phi) is 6.51. The van der Waals surface area contributed by atoms with Crippen LogP contribution in [-0.4, -0.2) is 29.0 Å². The highest BCUT2D eigenvalue weighted by atomic mass is 19.1. The summed E-state index contributed by atoms with van der Waals surface area (Å²) in [6.45, 7) is 2.77. The first-order chi connectivity index (χ1) is 13.7. The molecule has 0 aliphatic carbocycles. The van der Waals surface area contributed by atoms with Gasteiger partial charge in [0.25, 0.3) is 5.91 Å². The third-order valence-corrected chi connectivity index (χ3v) is 3.97. The van der Waals surface area contributed by atoms with Crippen LogP contribution in [0.15, 0.2) is 60.9 Å². The van der Waals surface area contributed by atoms with Gasteiger partial charge in [-0.1, -0.05) is 30.3 Å². The summed E-state index contributed by atoms with van der Waals surface area (Å²) in [5.41, 5.74) is 1.51. The van der Waals surface area contributed by atoms with E-state index in [9.17, 15) is 9.18 Å². The minimum atomic E-state index is -0.356. The first-order valence-corrected chi connectivity index (χ1v) is 9.00. The van der Waals surface area contributed by atoms with Gasteiger partial charge in [-0.05, 0) is 37.1 Å². The number of carbonyl (C=O) groups excluding carboxylic acids is 1. The maximum Gasteiger partial charge on any atom is 0.271 e. The number of rotatable bonds is 8. The van der Waals surface area contributed by atoms with E-state index in [0.29, 0.717) is 36.7 Å². The van der Waals surface area contributed by atoms with Crippen LogP contribution in [0.25, 0.3) is 0 Å². The Morgan fingerprint density at radius 2 is 1.86 bits per heavy atom. The fraction of sp³-hybridized carbons (Fsp3) is 0.190. The van der Waals surface area contributed by atoms with Crippen molar-refractivity contribution in [2.45, 2.75) is 13.3 Å². The molecular weight excluding hydrogens is 359 g/mol.